The molecule has 2 aromatic carbocycles. The average molecular weight is 562 g/mol. The third kappa shape index (κ3) is 3.28. The van der Waals surface area contributed by atoms with Gasteiger partial charge in [-0.05, 0) is 45.8 Å². The van der Waals surface area contributed by atoms with E-state index in [1.165, 1.54) is 28.6 Å². The van der Waals surface area contributed by atoms with Gasteiger partial charge in [-0.15, -0.1) is 0 Å². The highest BCUT2D eigenvalue weighted by molar-refractivity contribution is 9.12. The predicted molar refractivity (Wildman–Crippen MR) is 137 cm³/mol. The first-order chi connectivity index (χ1) is 17.8. The molecule has 0 saturated heterocycles. The molecule has 1 aliphatic heterocycles. The Labute approximate surface area is 218 Å². The van der Waals surface area contributed by atoms with Gasteiger partial charge in [0.2, 0.25) is 0 Å². The quantitative estimate of drug-likeness (QED) is 0.388. The zero-order valence-electron chi connectivity index (χ0n) is 19.6. The topological polar surface area (TPSA) is 113 Å². The molecular formula is C27H20BrN3O6. The smallest absolute Gasteiger partial charge is 0.352 e. The molecule has 2 atom stereocenters. The van der Waals surface area contributed by atoms with Crippen molar-refractivity contribution >= 4 is 27.5 Å². The van der Waals surface area contributed by atoms with Crippen molar-refractivity contribution in [2.24, 2.45) is 0 Å². The maximum absolute atomic E-state index is 13.7. The van der Waals surface area contributed by atoms with E-state index < -0.39 is 23.3 Å². The molecule has 37 heavy (non-hydrogen) atoms. The van der Waals surface area contributed by atoms with Gasteiger partial charge < -0.3 is 9.84 Å². The second-order valence-electron chi connectivity index (χ2n) is 8.99. The van der Waals surface area contributed by atoms with Gasteiger partial charge in [0.15, 0.2) is 11.6 Å². The Hall–Kier alpha value is -4.18. The number of carbonyl (C=O) groups excluding carboxylic acids is 2. The summed E-state index contributed by atoms with van der Waals surface area (Å²) in [7, 11) is 1.45. The number of hydrogen-bond donors (Lipinski definition) is 1. The highest BCUT2D eigenvalue weighted by atomic mass is 79.9. The van der Waals surface area contributed by atoms with Gasteiger partial charge in [-0.3, -0.25) is 9.59 Å². The number of ether oxygens (including phenoxy) is 1. The fraction of sp³-hybridized carbons (Fsp3) is 0.185. The van der Waals surface area contributed by atoms with Crippen molar-refractivity contribution in [2.75, 3.05) is 7.11 Å². The normalized spacial score (nSPS) is 20.6. The summed E-state index contributed by atoms with van der Waals surface area (Å²) in [5.41, 5.74) is 0.806. The first kappa shape index (κ1) is 23.2. The molecule has 186 valence electrons. The Bertz CT molecular complexity index is 1720. The Morgan fingerprint density at radius 3 is 2.49 bits per heavy atom. The summed E-state index contributed by atoms with van der Waals surface area (Å²) in [5, 5.41) is 10.9. The van der Waals surface area contributed by atoms with Crippen molar-refractivity contribution in [3.05, 3.63) is 108 Å². The van der Waals surface area contributed by atoms with Gasteiger partial charge in [0.1, 0.15) is 11.5 Å². The number of Topliss-reactive ketones (excluding diaryl/α,β-unsaturated/α-hetero) is 1. The van der Waals surface area contributed by atoms with Crippen molar-refractivity contribution in [1.82, 2.24) is 13.9 Å². The Kier molecular flexibility index (Phi) is 5.30. The Morgan fingerprint density at radius 2 is 1.76 bits per heavy atom. The van der Waals surface area contributed by atoms with Crippen molar-refractivity contribution in [2.45, 2.75) is 24.9 Å². The summed E-state index contributed by atoms with van der Waals surface area (Å²) < 4.78 is 9.45. The van der Waals surface area contributed by atoms with Gasteiger partial charge in [-0.25, -0.2) is 23.5 Å². The second-order valence-corrected chi connectivity index (χ2v) is 9.85. The number of phenols is 1. The summed E-state index contributed by atoms with van der Waals surface area (Å²) in [6.07, 6.45) is 3.07. The van der Waals surface area contributed by atoms with E-state index in [0.717, 1.165) is 4.57 Å². The molecule has 1 aromatic heterocycles. The summed E-state index contributed by atoms with van der Waals surface area (Å²) in [5.74, 6) is -1.36. The van der Waals surface area contributed by atoms with Crippen LogP contribution in [-0.2, 0) is 16.1 Å². The Balaban J connectivity index is 1.63. The number of fused-ring (bicyclic) bond motifs is 3. The summed E-state index contributed by atoms with van der Waals surface area (Å²) in [6.45, 7) is 0.0798. The number of methoxy groups -OCH3 is 1. The van der Waals surface area contributed by atoms with E-state index >= 15 is 0 Å². The van der Waals surface area contributed by atoms with Crippen LogP contribution in [0.5, 0.6) is 11.5 Å². The van der Waals surface area contributed by atoms with Crippen LogP contribution in [0.3, 0.4) is 0 Å². The van der Waals surface area contributed by atoms with Gasteiger partial charge in [0, 0.05) is 35.1 Å². The number of hydrogen-bond acceptors (Lipinski definition) is 6. The van der Waals surface area contributed by atoms with E-state index in [9.17, 15) is 24.3 Å². The average Bonchev–Trinajstić information content (AvgIpc) is 3.16. The van der Waals surface area contributed by atoms with Crippen LogP contribution < -0.4 is 16.1 Å². The lowest BCUT2D eigenvalue weighted by Crippen LogP contribution is -2.40. The maximum Gasteiger partial charge on any atom is 0.352 e. The molecule has 0 spiro atoms. The zero-order chi connectivity index (χ0) is 26.0. The van der Waals surface area contributed by atoms with Crippen molar-refractivity contribution < 1.29 is 19.4 Å². The minimum absolute atomic E-state index is 0.0409. The number of benzene rings is 2. The minimum Gasteiger partial charge on any atom is -0.507 e. The number of para-hydroxylation sites is 1. The number of ketones is 2. The second kappa shape index (κ2) is 8.45. The molecule has 6 rings (SSSR count). The maximum atomic E-state index is 13.7. The highest BCUT2D eigenvalue weighted by Gasteiger charge is 2.46. The van der Waals surface area contributed by atoms with Crippen LogP contribution in [0.2, 0.25) is 0 Å². The zero-order valence-corrected chi connectivity index (χ0v) is 21.1. The molecule has 10 heteroatoms. The van der Waals surface area contributed by atoms with E-state index in [1.54, 1.807) is 48.5 Å². The van der Waals surface area contributed by atoms with E-state index in [2.05, 4.69) is 15.9 Å². The molecule has 0 amide bonds. The van der Waals surface area contributed by atoms with E-state index in [1.807, 2.05) is 0 Å². The van der Waals surface area contributed by atoms with E-state index in [-0.39, 0.29) is 45.9 Å². The molecule has 1 N–H and O–H groups in total. The fourth-order valence-electron chi connectivity index (χ4n) is 5.61. The molecule has 0 radical (unpaired) electrons. The van der Waals surface area contributed by atoms with Crippen LogP contribution >= 0.6 is 15.9 Å². The molecule has 2 aliphatic carbocycles. The van der Waals surface area contributed by atoms with Gasteiger partial charge in [0.05, 0.1) is 29.9 Å². The largest absolute Gasteiger partial charge is 0.507 e. The number of aromatic hydroxyl groups is 1. The van der Waals surface area contributed by atoms with Crippen LogP contribution in [0.4, 0.5) is 0 Å². The standard InChI is InChI=1S/C27H20BrN3O6/c1-37-21-9-5-8-19(32)24(21)23-15-10-11-29-26(35)30(14-6-3-2-4-7-14)27(36)31(29)18(15)12-16-22(23)20(33)13-17(28)25(16)34/h2-10,13,18,23,32H,11-12H2,1H3. The van der Waals surface area contributed by atoms with Gasteiger partial charge in [-0.2, -0.15) is 0 Å². The molecule has 3 aromatic rings. The number of carbonyl (C=O) groups is 2. The number of allylic oxidation sites excluding steroid dienone is 6. The van der Waals surface area contributed by atoms with Crippen LogP contribution in [0, 0.1) is 0 Å². The molecular weight excluding hydrogens is 542 g/mol. The van der Waals surface area contributed by atoms with Crippen LogP contribution in [0.15, 0.2) is 91.5 Å². The SMILES string of the molecule is COc1cccc(O)c1C1C2=CCn3c(=O)n(-c4ccccc4)c(=O)n3C2CC2=C1C(=O)C=C(Br)C2=O. The van der Waals surface area contributed by atoms with Crippen LogP contribution in [0.25, 0.3) is 5.69 Å². The van der Waals surface area contributed by atoms with Crippen LogP contribution in [0.1, 0.15) is 23.9 Å². The number of rotatable bonds is 3. The third-order valence-corrected chi connectivity index (χ3v) is 7.75. The minimum atomic E-state index is -0.853. The monoisotopic (exact) mass is 561 g/mol. The van der Waals surface area contributed by atoms with Gasteiger partial charge in [-0.1, -0.05) is 30.3 Å². The molecule has 0 bridgehead atoms. The molecule has 9 nitrogen and oxygen atoms in total. The molecule has 2 unspecified atom stereocenters. The van der Waals surface area contributed by atoms with Crippen molar-refractivity contribution in [3.8, 4) is 17.2 Å². The lowest BCUT2D eigenvalue weighted by Gasteiger charge is -2.39. The summed E-state index contributed by atoms with van der Waals surface area (Å²) in [6, 6.07) is 12.6. The number of aromatic nitrogens is 3. The van der Waals surface area contributed by atoms with Crippen molar-refractivity contribution in [1.29, 1.82) is 0 Å². The lowest BCUT2D eigenvalue weighted by molar-refractivity contribution is -0.115. The predicted octanol–water partition coefficient (Wildman–Crippen LogP) is 2.91. The first-order valence-electron chi connectivity index (χ1n) is 11.6. The fourth-order valence-corrected chi connectivity index (χ4v) is 6.06. The van der Waals surface area contributed by atoms with E-state index in [0.29, 0.717) is 22.6 Å². The number of halogens is 1. The van der Waals surface area contributed by atoms with Crippen molar-refractivity contribution in [3.63, 3.8) is 0 Å². The molecule has 3 aliphatic rings. The van der Waals surface area contributed by atoms with E-state index in [4.69, 9.17) is 4.74 Å². The number of phenolic OH excluding ortho intramolecular Hbond substituents is 1. The molecule has 0 fully saturated rings. The Morgan fingerprint density at radius 1 is 1.00 bits per heavy atom. The third-order valence-electron chi connectivity index (χ3n) is 7.16. The van der Waals surface area contributed by atoms with Gasteiger partial charge in [0.25, 0.3) is 0 Å². The summed E-state index contributed by atoms with van der Waals surface area (Å²) >= 11 is 3.20. The van der Waals surface area contributed by atoms with Crippen LogP contribution in [-0.4, -0.2) is 37.7 Å². The summed E-state index contributed by atoms with van der Waals surface area (Å²) in [4.78, 5) is 53.6. The molecule has 0 saturated carbocycles. The first-order valence-corrected chi connectivity index (χ1v) is 12.4. The highest BCUT2D eigenvalue weighted by Crippen LogP contribution is 2.53. The number of nitrogens with zero attached hydrogens (tertiary/aromatic N) is 3. The van der Waals surface area contributed by atoms with Gasteiger partial charge >= 0.3 is 11.4 Å². The lowest BCUT2D eigenvalue weighted by atomic mass is 9.68. The molecule has 2 heterocycles.